The number of halogens is 2. The van der Waals surface area contributed by atoms with Crippen molar-refractivity contribution in [1.82, 2.24) is 5.32 Å². The Morgan fingerprint density at radius 2 is 1.86 bits per heavy atom. The minimum atomic E-state index is -0.204. The Morgan fingerprint density at radius 1 is 1.14 bits per heavy atom. The quantitative estimate of drug-likeness (QED) is 0.787. The van der Waals surface area contributed by atoms with E-state index in [0.717, 1.165) is 29.5 Å². The SMILES string of the molecule is CCNCC(Cc1ccc(F)cc1Br)c1ccc(C)cc1. The molecular formula is C18H21BrFN. The van der Waals surface area contributed by atoms with Gasteiger partial charge in [0.15, 0.2) is 0 Å². The fourth-order valence-electron chi connectivity index (χ4n) is 2.42. The lowest BCUT2D eigenvalue weighted by molar-refractivity contribution is 0.591. The average Bonchev–Trinajstić information content (AvgIpc) is 2.46. The fourth-order valence-corrected chi connectivity index (χ4v) is 2.93. The molecule has 0 saturated carbocycles. The van der Waals surface area contributed by atoms with Crippen LogP contribution in [0.2, 0.25) is 0 Å². The number of aryl methyl sites for hydroxylation is 1. The molecule has 0 aliphatic heterocycles. The van der Waals surface area contributed by atoms with Crippen LogP contribution in [0, 0.1) is 12.7 Å². The minimum Gasteiger partial charge on any atom is -0.316 e. The highest BCUT2D eigenvalue weighted by atomic mass is 79.9. The second-order valence-electron chi connectivity index (χ2n) is 5.36. The molecule has 0 aromatic heterocycles. The lowest BCUT2D eigenvalue weighted by Gasteiger charge is -2.19. The number of hydrogen-bond acceptors (Lipinski definition) is 1. The highest BCUT2D eigenvalue weighted by molar-refractivity contribution is 9.10. The standard InChI is InChI=1S/C18H21BrFN/c1-3-21-12-16(14-6-4-13(2)5-7-14)10-15-8-9-17(20)11-18(15)19/h4-9,11,16,21H,3,10,12H2,1-2H3. The highest BCUT2D eigenvalue weighted by Crippen LogP contribution is 2.26. The van der Waals surface area contributed by atoms with Gasteiger partial charge in [0.05, 0.1) is 0 Å². The van der Waals surface area contributed by atoms with Crippen LogP contribution in [-0.4, -0.2) is 13.1 Å². The van der Waals surface area contributed by atoms with Gasteiger partial charge in [0, 0.05) is 16.9 Å². The van der Waals surface area contributed by atoms with Crippen LogP contribution in [0.5, 0.6) is 0 Å². The maximum absolute atomic E-state index is 13.2. The molecule has 0 aliphatic rings. The zero-order chi connectivity index (χ0) is 15.2. The predicted octanol–water partition coefficient (Wildman–Crippen LogP) is 4.83. The van der Waals surface area contributed by atoms with Crippen molar-refractivity contribution in [3.63, 3.8) is 0 Å². The third kappa shape index (κ3) is 4.65. The summed E-state index contributed by atoms with van der Waals surface area (Å²) in [6.07, 6.45) is 0.886. The lowest BCUT2D eigenvalue weighted by atomic mass is 9.91. The van der Waals surface area contributed by atoms with E-state index < -0.39 is 0 Å². The molecule has 1 atom stereocenters. The third-order valence-electron chi connectivity index (χ3n) is 3.67. The van der Waals surface area contributed by atoms with Crippen LogP contribution in [-0.2, 0) is 6.42 Å². The lowest BCUT2D eigenvalue weighted by Crippen LogP contribution is -2.22. The summed E-state index contributed by atoms with van der Waals surface area (Å²) in [5, 5.41) is 3.42. The van der Waals surface area contributed by atoms with E-state index in [0.29, 0.717) is 5.92 Å². The van der Waals surface area contributed by atoms with E-state index in [1.54, 1.807) is 0 Å². The van der Waals surface area contributed by atoms with Crippen molar-refractivity contribution in [2.45, 2.75) is 26.2 Å². The molecule has 0 fully saturated rings. The molecule has 1 nitrogen and oxygen atoms in total. The predicted molar refractivity (Wildman–Crippen MR) is 90.3 cm³/mol. The van der Waals surface area contributed by atoms with Crippen molar-refractivity contribution >= 4 is 15.9 Å². The summed E-state index contributed by atoms with van der Waals surface area (Å²) in [5.41, 5.74) is 3.72. The van der Waals surface area contributed by atoms with Crippen LogP contribution in [0.3, 0.4) is 0 Å². The van der Waals surface area contributed by atoms with Gasteiger partial charge in [0.1, 0.15) is 5.82 Å². The van der Waals surface area contributed by atoms with Crippen LogP contribution in [0.15, 0.2) is 46.9 Å². The summed E-state index contributed by atoms with van der Waals surface area (Å²) in [7, 11) is 0. The molecule has 2 rings (SSSR count). The maximum atomic E-state index is 13.2. The van der Waals surface area contributed by atoms with E-state index in [1.165, 1.54) is 23.3 Å². The second-order valence-corrected chi connectivity index (χ2v) is 6.21. The number of benzene rings is 2. The second kappa shape index (κ2) is 7.71. The molecule has 0 bridgehead atoms. The number of rotatable bonds is 6. The summed E-state index contributed by atoms with van der Waals surface area (Å²) in [5.74, 6) is 0.177. The van der Waals surface area contributed by atoms with Gasteiger partial charge in [-0.2, -0.15) is 0 Å². The first-order valence-electron chi connectivity index (χ1n) is 7.31. The fraction of sp³-hybridized carbons (Fsp3) is 0.333. The molecule has 3 heteroatoms. The Bertz CT molecular complexity index is 580. The van der Waals surface area contributed by atoms with E-state index >= 15 is 0 Å². The molecule has 2 aromatic rings. The molecule has 2 aromatic carbocycles. The molecule has 112 valence electrons. The van der Waals surface area contributed by atoms with Crippen molar-refractivity contribution in [2.75, 3.05) is 13.1 Å². The maximum Gasteiger partial charge on any atom is 0.124 e. The van der Waals surface area contributed by atoms with Gasteiger partial charge in [-0.25, -0.2) is 4.39 Å². The number of hydrogen-bond donors (Lipinski definition) is 1. The van der Waals surface area contributed by atoms with Crippen LogP contribution in [0.1, 0.15) is 29.5 Å². The summed E-state index contributed by atoms with van der Waals surface area (Å²) in [6, 6.07) is 13.6. The normalized spacial score (nSPS) is 12.4. The van der Waals surface area contributed by atoms with E-state index in [1.807, 2.05) is 6.07 Å². The highest BCUT2D eigenvalue weighted by Gasteiger charge is 2.14. The molecular weight excluding hydrogens is 329 g/mol. The van der Waals surface area contributed by atoms with Gasteiger partial charge in [0.25, 0.3) is 0 Å². The van der Waals surface area contributed by atoms with Gasteiger partial charge >= 0.3 is 0 Å². The van der Waals surface area contributed by atoms with Crippen molar-refractivity contribution in [3.8, 4) is 0 Å². The molecule has 0 radical (unpaired) electrons. The summed E-state index contributed by atoms with van der Waals surface area (Å²) in [4.78, 5) is 0. The Balaban J connectivity index is 2.21. The third-order valence-corrected chi connectivity index (χ3v) is 4.41. The molecule has 1 N–H and O–H groups in total. The summed E-state index contributed by atoms with van der Waals surface area (Å²) in [6.45, 7) is 6.08. The first-order valence-corrected chi connectivity index (χ1v) is 8.10. The molecule has 1 unspecified atom stereocenters. The smallest absolute Gasteiger partial charge is 0.124 e. The zero-order valence-electron chi connectivity index (χ0n) is 12.5. The van der Waals surface area contributed by atoms with Gasteiger partial charge in [-0.3, -0.25) is 0 Å². The van der Waals surface area contributed by atoms with E-state index in [-0.39, 0.29) is 5.82 Å². The summed E-state index contributed by atoms with van der Waals surface area (Å²) >= 11 is 3.47. The van der Waals surface area contributed by atoms with Crippen molar-refractivity contribution in [2.24, 2.45) is 0 Å². The zero-order valence-corrected chi connectivity index (χ0v) is 14.1. The topological polar surface area (TPSA) is 12.0 Å². The van der Waals surface area contributed by atoms with Gasteiger partial charge in [-0.05, 0) is 43.1 Å². The molecule has 21 heavy (non-hydrogen) atoms. The molecule has 0 amide bonds. The first kappa shape index (κ1) is 16.2. The molecule has 0 spiro atoms. The van der Waals surface area contributed by atoms with E-state index in [9.17, 15) is 4.39 Å². The van der Waals surface area contributed by atoms with Crippen molar-refractivity contribution < 1.29 is 4.39 Å². The molecule has 0 aliphatic carbocycles. The Morgan fingerprint density at radius 3 is 2.48 bits per heavy atom. The van der Waals surface area contributed by atoms with Crippen LogP contribution >= 0.6 is 15.9 Å². The molecule has 0 heterocycles. The van der Waals surface area contributed by atoms with E-state index in [4.69, 9.17) is 0 Å². The largest absolute Gasteiger partial charge is 0.316 e. The Hall–Kier alpha value is -1.19. The molecule has 0 saturated heterocycles. The van der Waals surface area contributed by atoms with Crippen LogP contribution in [0.4, 0.5) is 4.39 Å². The van der Waals surface area contributed by atoms with Crippen molar-refractivity contribution in [1.29, 1.82) is 0 Å². The number of nitrogens with one attached hydrogen (secondary N) is 1. The van der Waals surface area contributed by atoms with Crippen LogP contribution in [0.25, 0.3) is 0 Å². The van der Waals surface area contributed by atoms with Gasteiger partial charge in [-0.15, -0.1) is 0 Å². The Kier molecular flexibility index (Phi) is 5.95. The van der Waals surface area contributed by atoms with Crippen LogP contribution < -0.4 is 5.32 Å². The monoisotopic (exact) mass is 349 g/mol. The minimum absolute atomic E-state index is 0.204. The van der Waals surface area contributed by atoms with Gasteiger partial charge < -0.3 is 5.32 Å². The first-order chi connectivity index (χ1) is 10.1. The van der Waals surface area contributed by atoms with E-state index in [2.05, 4.69) is 59.4 Å². The van der Waals surface area contributed by atoms with Gasteiger partial charge in [-0.1, -0.05) is 58.7 Å². The van der Waals surface area contributed by atoms with Gasteiger partial charge in [0.2, 0.25) is 0 Å². The number of likely N-dealkylation sites (N-methyl/N-ethyl adjacent to an activating group) is 1. The average molecular weight is 350 g/mol. The van der Waals surface area contributed by atoms with Crippen molar-refractivity contribution in [3.05, 3.63) is 69.4 Å². The Labute approximate surface area is 134 Å². The summed E-state index contributed by atoms with van der Waals surface area (Å²) < 4.78 is 14.1.